The third-order valence-corrected chi connectivity index (χ3v) is 3.30. The Bertz CT molecular complexity index is 828. The van der Waals surface area contributed by atoms with E-state index in [-0.39, 0.29) is 11.8 Å². The van der Waals surface area contributed by atoms with Gasteiger partial charge in [-0.3, -0.25) is 9.59 Å². The van der Waals surface area contributed by atoms with Crippen LogP contribution in [0, 0.1) is 0 Å². The van der Waals surface area contributed by atoms with Crippen molar-refractivity contribution in [3.63, 3.8) is 0 Å². The molecule has 0 atom stereocenters. The predicted molar refractivity (Wildman–Crippen MR) is 99.2 cm³/mol. The van der Waals surface area contributed by atoms with Crippen molar-refractivity contribution in [2.75, 3.05) is 10.6 Å². The van der Waals surface area contributed by atoms with Crippen LogP contribution in [-0.4, -0.2) is 11.8 Å². The molecule has 0 unspecified atom stereocenters. The second-order valence-corrected chi connectivity index (χ2v) is 5.25. The van der Waals surface area contributed by atoms with Crippen LogP contribution >= 0.6 is 0 Å². The van der Waals surface area contributed by atoms with Crippen molar-refractivity contribution in [2.45, 2.75) is 0 Å². The molecule has 2 amide bonds. The van der Waals surface area contributed by atoms with E-state index in [1.807, 2.05) is 0 Å². The summed E-state index contributed by atoms with van der Waals surface area (Å²) in [6.07, 6.45) is 9.00. The van der Waals surface area contributed by atoms with E-state index >= 15 is 0 Å². The minimum Gasteiger partial charge on any atom is -0.465 e. The largest absolute Gasteiger partial charge is 0.465 e. The molecule has 0 spiro atoms. The molecule has 130 valence electrons. The number of amides is 2. The molecule has 6 nitrogen and oxygen atoms in total. The first-order valence-corrected chi connectivity index (χ1v) is 7.84. The topological polar surface area (TPSA) is 84.5 Å². The van der Waals surface area contributed by atoms with E-state index in [2.05, 4.69) is 10.6 Å². The quantitative estimate of drug-likeness (QED) is 0.655. The molecule has 2 aromatic heterocycles. The monoisotopic (exact) mass is 348 g/mol. The highest BCUT2D eigenvalue weighted by Crippen LogP contribution is 2.14. The number of anilines is 2. The third-order valence-electron chi connectivity index (χ3n) is 3.30. The van der Waals surface area contributed by atoms with Crippen LogP contribution in [0.2, 0.25) is 0 Å². The highest BCUT2D eigenvalue weighted by Gasteiger charge is 2.01. The summed E-state index contributed by atoms with van der Waals surface area (Å²) in [5.74, 6) is 0.640. The summed E-state index contributed by atoms with van der Waals surface area (Å²) in [7, 11) is 0. The van der Waals surface area contributed by atoms with Crippen molar-refractivity contribution < 1.29 is 18.4 Å². The molecule has 1 aromatic carbocycles. The fraction of sp³-hybridized carbons (Fsp3) is 0. The second kappa shape index (κ2) is 8.34. The Labute approximate surface area is 149 Å². The van der Waals surface area contributed by atoms with Gasteiger partial charge in [0, 0.05) is 23.5 Å². The van der Waals surface area contributed by atoms with Gasteiger partial charge in [0.2, 0.25) is 11.8 Å². The van der Waals surface area contributed by atoms with Crippen LogP contribution in [0.4, 0.5) is 11.4 Å². The molecule has 26 heavy (non-hydrogen) atoms. The zero-order chi connectivity index (χ0) is 18.2. The number of carbonyl (C=O) groups excluding carboxylic acids is 2. The maximum absolute atomic E-state index is 11.8. The molecule has 6 heteroatoms. The Morgan fingerprint density at radius 3 is 1.46 bits per heavy atom. The van der Waals surface area contributed by atoms with Crippen LogP contribution in [0.3, 0.4) is 0 Å². The molecule has 0 aliphatic rings. The SMILES string of the molecule is O=C(/C=C/c1ccco1)Nc1ccc(NC(=O)/C=C/c2ccco2)cc1. The zero-order valence-corrected chi connectivity index (χ0v) is 13.7. The Morgan fingerprint density at radius 2 is 1.12 bits per heavy atom. The average molecular weight is 348 g/mol. The Hall–Kier alpha value is -3.80. The number of benzene rings is 1. The molecule has 0 bridgehead atoms. The smallest absolute Gasteiger partial charge is 0.248 e. The summed E-state index contributed by atoms with van der Waals surface area (Å²) >= 11 is 0. The second-order valence-electron chi connectivity index (χ2n) is 5.25. The normalized spacial score (nSPS) is 11.1. The Kier molecular flexibility index (Phi) is 5.47. The van der Waals surface area contributed by atoms with Gasteiger partial charge in [-0.05, 0) is 60.7 Å². The van der Waals surface area contributed by atoms with Crippen molar-refractivity contribution >= 4 is 35.3 Å². The fourth-order valence-electron chi connectivity index (χ4n) is 2.09. The zero-order valence-electron chi connectivity index (χ0n) is 13.7. The maximum Gasteiger partial charge on any atom is 0.248 e. The van der Waals surface area contributed by atoms with Gasteiger partial charge >= 0.3 is 0 Å². The molecule has 3 aromatic rings. The first kappa shape index (κ1) is 17.0. The van der Waals surface area contributed by atoms with E-state index in [0.29, 0.717) is 22.9 Å². The predicted octanol–water partition coefficient (Wildman–Crippen LogP) is 4.18. The van der Waals surface area contributed by atoms with Gasteiger partial charge in [-0.25, -0.2) is 0 Å². The highest BCUT2D eigenvalue weighted by molar-refractivity contribution is 6.03. The third kappa shape index (κ3) is 5.10. The summed E-state index contributed by atoms with van der Waals surface area (Å²) in [4.78, 5) is 23.7. The van der Waals surface area contributed by atoms with Gasteiger partial charge < -0.3 is 19.5 Å². The molecule has 0 aliphatic carbocycles. The van der Waals surface area contributed by atoms with Gasteiger partial charge in [0.1, 0.15) is 11.5 Å². The van der Waals surface area contributed by atoms with Crippen LogP contribution in [-0.2, 0) is 9.59 Å². The highest BCUT2D eigenvalue weighted by atomic mass is 16.3. The molecular weight excluding hydrogens is 332 g/mol. The number of hydrogen-bond donors (Lipinski definition) is 2. The lowest BCUT2D eigenvalue weighted by molar-refractivity contribution is -0.112. The van der Waals surface area contributed by atoms with E-state index in [1.54, 1.807) is 60.7 Å². The van der Waals surface area contributed by atoms with Crippen LogP contribution in [0.5, 0.6) is 0 Å². The lowest BCUT2D eigenvalue weighted by atomic mass is 10.2. The van der Waals surface area contributed by atoms with Crippen LogP contribution in [0.1, 0.15) is 11.5 Å². The molecule has 0 aliphatic heterocycles. The van der Waals surface area contributed by atoms with E-state index in [4.69, 9.17) is 8.83 Å². The number of hydrogen-bond acceptors (Lipinski definition) is 4. The summed E-state index contributed by atoms with van der Waals surface area (Å²) in [6, 6.07) is 13.8. The van der Waals surface area contributed by atoms with Gasteiger partial charge in [0.25, 0.3) is 0 Å². The number of furan rings is 2. The molecule has 0 saturated heterocycles. The van der Waals surface area contributed by atoms with E-state index < -0.39 is 0 Å². The minimum absolute atomic E-state index is 0.278. The van der Waals surface area contributed by atoms with Crippen molar-refractivity contribution in [2.24, 2.45) is 0 Å². The first-order valence-electron chi connectivity index (χ1n) is 7.84. The van der Waals surface area contributed by atoms with Gasteiger partial charge in [-0.1, -0.05) is 0 Å². The van der Waals surface area contributed by atoms with Crippen molar-refractivity contribution in [1.82, 2.24) is 0 Å². The fourth-order valence-corrected chi connectivity index (χ4v) is 2.09. The summed E-state index contributed by atoms with van der Waals surface area (Å²) < 4.78 is 10.2. The summed E-state index contributed by atoms with van der Waals surface area (Å²) in [5, 5.41) is 5.44. The van der Waals surface area contributed by atoms with Gasteiger partial charge in [-0.2, -0.15) is 0 Å². The summed E-state index contributed by atoms with van der Waals surface area (Å²) in [6.45, 7) is 0. The lowest BCUT2D eigenvalue weighted by Crippen LogP contribution is -2.09. The van der Waals surface area contributed by atoms with Crippen molar-refractivity contribution in [3.8, 4) is 0 Å². The number of carbonyl (C=O) groups is 2. The molecule has 0 radical (unpaired) electrons. The van der Waals surface area contributed by atoms with Gasteiger partial charge in [0.05, 0.1) is 12.5 Å². The minimum atomic E-state index is -0.278. The Morgan fingerprint density at radius 1 is 0.692 bits per heavy atom. The average Bonchev–Trinajstić information content (AvgIpc) is 3.34. The molecule has 2 N–H and O–H groups in total. The van der Waals surface area contributed by atoms with Crippen LogP contribution in [0.15, 0.2) is 82.0 Å². The molecule has 0 saturated carbocycles. The van der Waals surface area contributed by atoms with Gasteiger partial charge in [0.15, 0.2) is 0 Å². The van der Waals surface area contributed by atoms with Crippen molar-refractivity contribution in [3.05, 3.63) is 84.7 Å². The van der Waals surface area contributed by atoms with Crippen molar-refractivity contribution in [1.29, 1.82) is 0 Å². The lowest BCUT2D eigenvalue weighted by Gasteiger charge is -2.05. The molecule has 0 fully saturated rings. The maximum atomic E-state index is 11.8. The molecule has 2 heterocycles. The summed E-state index contributed by atoms with van der Waals surface area (Å²) in [5.41, 5.74) is 1.23. The molecular formula is C20H16N2O4. The van der Waals surface area contributed by atoms with E-state index in [0.717, 1.165) is 0 Å². The number of rotatable bonds is 6. The molecule has 3 rings (SSSR count). The number of nitrogens with one attached hydrogen (secondary N) is 2. The van der Waals surface area contributed by atoms with E-state index in [1.165, 1.54) is 24.7 Å². The van der Waals surface area contributed by atoms with Gasteiger partial charge in [-0.15, -0.1) is 0 Å². The van der Waals surface area contributed by atoms with E-state index in [9.17, 15) is 9.59 Å². The standard InChI is InChI=1S/C20H16N2O4/c23-19(11-9-17-3-1-13-25-17)21-15-5-7-16(8-6-15)22-20(24)12-10-18-4-2-14-26-18/h1-14H,(H,21,23)(H,22,24)/b11-9+,12-10+. The van der Waals surface area contributed by atoms with Crippen LogP contribution < -0.4 is 10.6 Å². The first-order chi connectivity index (χ1) is 12.7. The van der Waals surface area contributed by atoms with Crippen LogP contribution in [0.25, 0.3) is 12.2 Å². The Balaban J connectivity index is 1.51.